The van der Waals surface area contributed by atoms with E-state index in [1.165, 1.54) is 0 Å². The number of carbonyl (C=O) groups is 2. The summed E-state index contributed by atoms with van der Waals surface area (Å²) in [6.45, 7) is 2.52. The number of nitrogens with zero attached hydrogens (tertiary/aromatic N) is 4. The quantitative estimate of drug-likeness (QED) is 0.670. The highest BCUT2D eigenvalue weighted by atomic mass is 16.5. The molecule has 0 unspecified atom stereocenters. The molecule has 1 aliphatic rings. The minimum atomic E-state index is -0.452. The van der Waals surface area contributed by atoms with Gasteiger partial charge in [-0.25, -0.2) is 4.79 Å². The molecule has 0 aliphatic carbocycles. The highest BCUT2D eigenvalue weighted by Crippen LogP contribution is 2.27. The Kier molecular flexibility index (Phi) is 6.39. The molecule has 0 radical (unpaired) electrons. The van der Waals surface area contributed by atoms with Gasteiger partial charge < -0.3 is 20.3 Å². The van der Waals surface area contributed by atoms with Gasteiger partial charge in [0.25, 0.3) is 5.91 Å². The first-order valence-electron chi connectivity index (χ1n) is 10.6. The van der Waals surface area contributed by atoms with Crippen LogP contribution in [0.3, 0.4) is 0 Å². The number of hydrogen-bond acceptors (Lipinski definition) is 4. The second-order valence-corrected chi connectivity index (χ2v) is 7.78. The Morgan fingerprint density at radius 1 is 1.00 bits per heavy atom. The minimum Gasteiger partial charge on any atom is -0.497 e. The molecule has 166 valence electrons. The van der Waals surface area contributed by atoms with Crippen LogP contribution < -0.4 is 10.5 Å². The van der Waals surface area contributed by atoms with Gasteiger partial charge in [-0.2, -0.15) is 5.10 Å². The van der Waals surface area contributed by atoms with Crippen LogP contribution in [-0.2, 0) is 6.54 Å². The van der Waals surface area contributed by atoms with Crippen molar-refractivity contribution in [3.05, 3.63) is 71.9 Å². The van der Waals surface area contributed by atoms with Gasteiger partial charge in [-0.15, -0.1) is 0 Å². The molecule has 2 N–H and O–H groups in total. The molecule has 1 aromatic heterocycles. The Labute approximate surface area is 187 Å². The Morgan fingerprint density at radius 3 is 2.50 bits per heavy atom. The van der Waals surface area contributed by atoms with Gasteiger partial charge in [-0.3, -0.25) is 9.48 Å². The van der Waals surface area contributed by atoms with Crippen molar-refractivity contribution in [2.75, 3.05) is 33.3 Å². The lowest BCUT2D eigenvalue weighted by Crippen LogP contribution is -2.39. The second-order valence-electron chi connectivity index (χ2n) is 7.78. The van der Waals surface area contributed by atoms with Crippen molar-refractivity contribution >= 4 is 11.9 Å². The summed E-state index contributed by atoms with van der Waals surface area (Å²) < 4.78 is 7.16. The van der Waals surface area contributed by atoms with Crippen LogP contribution in [0.15, 0.2) is 60.8 Å². The van der Waals surface area contributed by atoms with Crippen LogP contribution in [0.4, 0.5) is 4.79 Å². The molecule has 1 fully saturated rings. The minimum absolute atomic E-state index is 0.103. The van der Waals surface area contributed by atoms with E-state index in [0.29, 0.717) is 56.2 Å². The van der Waals surface area contributed by atoms with Gasteiger partial charge in [0, 0.05) is 37.9 Å². The van der Waals surface area contributed by atoms with Crippen LogP contribution in [0.2, 0.25) is 0 Å². The van der Waals surface area contributed by atoms with Gasteiger partial charge in [-0.1, -0.05) is 42.5 Å². The molecule has 3 aromatic rings. The maximum atomic E-state index is 13.6. The standard InChI is InChI=1S/C24H27N5O3/c1-32-20-10-5-9-19(15-20)22-21(17-29(26-22)16-18-7-3-2-4-8-18)23(30)27-11-6-12-28(14-13-27)24(25)31/h2-5,7-10,15,17H,6,11-14,16H2,1H3,(H2,25,31). The summed E-state index contributed by atoms with van der Waals surface area (Å²) in [5.74, 6) is 0.596. The van der Waals surface area contributed by atoms with Crippen molar-refractivity contribution < 1.29 is 14.3 Å². The third kappa shape index (κ3) is 4.74. The van der Waals surface area contributed by atoms with E-state index in [4.69, 9.17) is 15.6 Å². The highest BCUT2D eigenvalue weighted by Gasteiger charge is 2.26. The van der Waals surface area contributed by atoms with E-state index in [1.54, 1.807) is 27.8 Å². The number of nitrogens with two attached hydrogens (primary N) is 1. The van der Waals surface area contributed by atoms with Crippen LogP contribution in [0, 0.1) is 0 Å². The summed E-state index contributed by atoms with van der Waals surface area (Å²) in [7, 11) is 1.61. The normalized spacial score (nSPS) is 14.2. The number of urea groups is 1. The van der Waals surface area contributed by atoms with Crippen LogP contribution >= 0.6 is 0 Å². The zero-order valence-electron chi connectivity index (χ0n) is 18.1. The first kappa shape index (κ1) is 21.4. The van der Waals surface area contributed by atoms with E-state index in [1.807, 2.05) is 54.6 Å². The summed E-state index contributed by atoms with van der Waals surface area (Å²) in [5, 5.41) is 4.76. The molecule has 1 saturated heterocycles. The summed E-state index contributed by atoms with van der Waals surface area (Å²) in [6, 6.07) is 17.1. The van der Waals surface area contributed by atoms with Crippen molar-refractivity contribution in [1.82, 2.24) is 19.6 Å². The van der Waals surface area contributed by atoms with Gasteiger partial charge in [0.2, 0.25) is 0 Å². The molecule has 1 aliphatic heterocycles. The molecule has 2 aromatic carbocycles. The maximum absolute atomic E-state index is 13.6. The molecule has 2 heterocycles. The van der Waals surface area contributed by atoms with Crippen molar-refractivity contribution in [2.45, 2.75) is 13.0 Å². The van der Waals surface area contributed by atoms with E-state index >= 15 is 0 Å². The number of primary amides is 1. The second kappa shape index (κ2) is 9.55. The van der Waals surface area contributed by atoms with E-state index in [9.17, 15) is 9.59 Å². The predicted molar refractivity (Wildman–Crippen MR) is 121 cm³/mol. The van der Waals surface area contributed by atoms with Gasteiger partial charge in [-0.05, 0) is 24.1 Å². The van der Waals surface area contributed by atoms with Gasteiger partial charge in [0.05, 0.1) is 19.2 Å². The summed E-state index contributed by atoms with van der Waals surface area (Å²) in [5.41, 5.74) is 8.48. The first-order chi connectivity index (χ1) is 15.5. The van der Waals surface area contributed by atoms with E-state index in [0.717, 1.165) is 11.1 Å². The van der Waals surface area contributed by atoms with E-state index < -0.39 is 6.03 Å². The topological polar surface area (TPSA) is 93.7 Å². The van der Waals surface area contributed by atoms with Crippen LogP contribution in [0.5, 0.6) is 5.75 Å². The first-order valence-corrected chi connectivity index (χ1v) is 10.6. The summed E-state index contributed by atoms with van der Waals surface area (Å²) >= 11 is 0. The van der Waals surface area contributed by atoms with Crippen molar-refractivity contribution in [2.24, 2.45) is 5.73 Å². The molecule has 8 heteroatoms. The fraction of sp³-hybridized carbons (Fsp3) is 0.292. The smallest absolute Gasteiger partial charge is 0.314 e. The number of methoxy groups -OCH3 is 1. The van der Waals surface area contributed by atoms with Crippen LogP contribution in [0.1, 0.15) is 22.3 Å². The van der Waals surface area contributed by atoms with E-state index in [-0.39, 0.29) is 5.91 Å². The van der Waals surface area contributed by atoms with Crippen molar-refractivity contribution in [3.8, 4) is 17.0 Å². The fourth-order valence-corrected chi connectivity index (χ4v) is 3.92. The van der Waals surface area contributed by atoms with Gasteiger partial charge >= 0.3 is 6.03 Å². The van der Waals surface area contributed by atoms with Crippen molar-refractivity contribution in [3.63, 3.8) is 0 Å². The number of rotatable bonds is 5. The van der Waals surface area contributed by atoms with Gasteiger partial charge in [0.15, 0.2) is 0 Å². The average molecular weight is 434 g/mol. The lowest BCUT2D eigenvalue weighted by Gasteiger charge is -2.21. The summed E-state index contributed by atoms with van der Waals surface area (Å²) in [6.07, 6.45) is 2.49. The molecular formula is C24H27N5O3. The zero-order chi connectivity index (χ0) is 22.5. The van der Waals surface area contributed by atoms with E-state index in [2.05, 4.69) is 0 Å². The Balaban J connectivity index is 1.67. The van der Waals surface area contributed by atoms with Gasteiger partial charge in [0.1, 0.15) is 11.4 Å². The lowest BCUT2D eigenvalue weighted by molar-refractivity contribution is 0.0763. The zero-order valence-corrected chi connectivity index (χ0v) is 18.1. The molecule has 0 saturated carbocycles. The molecule has 32 heavy (non-hydrogen) atoms. The molecule has 4 rings (SSSR count). The SMILES string of the molecule is COc1cccc(-c2nn(Cc3ccccc3)cc2C(=O)N2CCCN(C(N)=O)CC2)c1. The lowest BCUT2D eigenvalue weighted by atomic mass is 10.1. The average Bonchev–Trinajstić information content (AvgIpc) is 3.06. The number of carbonyl (C=O) groups excluding carboxylic acids is 2. The Bertz CT molecular complexity index is 1100. The monoisotopic (exact) mass is 433 g/mol. The number of hydrogen-bond donors (Lipinski definition) is 1. The number of benzene rings is 2. The molecule has 0 atom stereocenters. The molecule has 8 nitrogen and oxygen atoms in total. The number of ether oxygens (including phenoxy) is 1. The third-order valence-corrected chi connectivity index (χ3v) is 5.62. The highest BCUT2D eigenvalue weighted by molar-refractivity contribution is 6.00. The van der Waals surface area contributed by atoms with Crippen LogP contribution in [0.25, 0.3) is 11.3 Å². The third-order valence-electron chi connectivity index (χ3n) is 5.62. The summed E-state index contributed by atoms with van der Waals surface area (Å²) in [4.78, 5) is 28.5. The Hall–Kier alpha value is -3.81. The molecular weight excluding hydrogens is 406 g/mol. The molecule has 3 amide bonds. The molecule has 0 bridgehead atoms. The van der Waals surface area contributed by atoms with Crippen molar-refractivity contribution in [1.29, 1.82) is 0 Å². The number of aromatic nitrogens is 2. The predicted octanol–water partition coefficient (Wildman–Crippen LogP) is 2.83. The van der Waals surface area contributed by atoms with Crippen LogP contribution in [-0.4, -0.2) is 64.8 Å². The number of amides is 3. The largest absolute Gasteiger partial charge is 0.497 e. The maximum Gasteiger partial charge on any atom is 0.314 e. The fourth-order valence-electron chi connectivity index (χ4n) is 3.92. The Morgan fingerprint density at radius 2 is 1.75 bits per heavy atom. The molecule has 0 spiro atoms.